The number of amides is 2. The highest BCUT2D eigenvalue weighted by Crippen LogP contribution is 2.49. The number of carboxylic acid groups (broad SMARTS) is 1. The SMILES string of the molecule is CCN=COP(OC1CC(n2cc(/C=C/C(=O)NCCCCCCNC(=O)c3ccc(C(=O)O)c(-c4c5ccc(=[N+](C)C)cc-5oc5cc(N(C)C)ccc45)c3)c(=O)[nH]c2=O)OC1C)N(C(C)C)C(C)C. The van der Waals surface area contributed by atoms with Crippen molar-refractivity contribution < 1.29 is 37.7 Å². The molecule has 6 rings (SSSR count). The Kier molecular flexibility index (Phi) is 18.7. The molecule has 4 N–H and O–H groups in total. The van der Waals surface area contributed by atoms with Gasteiger partial charge >= 0.3 is 20.2 Å². The summed E-state index contributed by atoms with van der Waals surface area (Å²) in [5, 5.41) is 17.8. The molecule has 0 radical (unpaired) electrons. The third kappa shape index (κ3) is 13.5. The smallest absolute Gasteiger partial charge is 0.336 e. The molecule has 0 saturated carbocycles. The molecule has 2 aromatic carbocycles. The van der Waals surface area contributed by atoms with E-state index in [1.54, 1.807) is 6.07 Å². The van der Waals surface area contributed by atoms with Crippen molar-refractivity contribution in [1.29, 1.82) is 0 Å². The van der Waals surface area contributed by atoms with Crippen LogP contribution >= 0.6 is 8.53 Å². The minimum Gasteiger partial charge on any atom is -0.478 e. The first kappa shape index (κ1) is 53.9. The second kappa shape index (κ2) is 24.6. The van der Waals surface area contributed by atoms with Crippen LogP contribution in [0.5, 0.6) is 0 Å². The molecule has 0 bridgehead atoms. The van der Waals surface area contributed by atoms with Crippen molar-refractivity contribution in [1.82, 2.24) is 29.4 Å². The summed E-state index contributed by atoms with van der Waals surface area (Å²) in [6, 6.07) is 16.5. The van der Waals surface area contributed by atoms with Crippen molar-refractivity contribution >= 4 is 55.4 Å². The van der Waals surface area contributed by atoms with Gasteiger partial charge in [0.25, 0.3) is 11.5 Å². The Morgan fingerprint density at radius 2 is 1.69 bits per heavy atom. The van der Waals surface area contributed by atoms with Gasteiger partial charge in [-0.1, -0.05) is 12.8 Å². The van der Waals surface area contributed by atoms with Crippen LogP contribution in [0.1, 0.15) is 106 Å². The highest BCUT2D eigenvalue weighted by molar-refractivity contribution is 7.45. The van der Waals surface area contributed by atoms with E-state index in [2.05, 4.69) is 53.0 Å². The van der Waals surface area contributed by atoms with E-state index in [0.717, 1.165) is 23.9 Å². The molecule has 1 saturated heterocycles. The van der Waals surface area contributed by atoms with Gasteiger partial charge in [-0.3, -0.25) is 28.9 Å². The van der Waals surface area contributed by atoms with Crippen LogP contribution in [0.15, 0.2) is 85.9 Å². The molecular formula is C52H68N8O10P+. The van der Waals surface area contributed by atoms with Gasteiger partial charge in [-0.15, -0.1) is 0 Å². The molecule has 1 fully saturated rings. The lowest BCUT2D eigenvalue weighted by molar-refractivity contribution is -0.116. The summed E-state index contributed by atoms with van der Waals surface area (Å²) in [5.74, 6) is -1.26. The number of carbonyl (C=O) groups is 3. The first-order chi connectivity index (χ1) is 33.9. The molecule has 0 spiro atoms. The van der Waals surface area contributed by atoms with E-state index in [-0.39, 0.29) is 29.1 Å². The van der Waals surface area contributed by atoms with Crippen LogP contribution in [0.4, 0.5) is 5.69 Å². The fraction of sp³-hybridized carbons (Fsp3) is 0.442. The summed E-state index contributed by atoms with van der Waals surface area (Å²) in [6.07, 6.45) is 7.14. The summed E-state index contributed by atoms with van der Waals surface area (Å²) in [6.45, 7) is 13.4. The lowest BCUT2D eigenvalue weighted by atomic mass is 9.89. The van der Waals surface area contributed by atoms with Gasteiger partial charge in [0.15, 0.2) is 6.40 Å². The standard InChI is InChI=1S/C52H67N8O10P/c1-11-53-31-67-71(60(32(2)3)33(4)5)70-43-29-47(68-34(43)6)59-30-36(50(63)56-52(59)66)17-23-46(61)54-24-14-12-13-15-25-55-49(62)35-16-20-39(51(64)65)42(26-35)48-40-21-18-37(57(7)8)27-44(40)69-45-28-38(58(9)10)19-22-41(45)48/h16-23,26-28,30-34,43,47H,11-15,24-25,29H2,1-10H3,(H3-,54,55,56,61,62,63,64,65,66)/p+1/b23-17+,53-31?. The number of anilines is 1. The zero-order valence-electron chi connectivity index (χ0n) is 42.4. The number of rotatable bonds is 22. The van der Waals surface area contributed by atoms with E-state index in [1.807, 2.05) is 87.9 Å². The average molecular weight is 996 g/mol. The van der Waals surface area contributed by atoms with Crippen molar-refractivity contribution in [3.05, 3.63) is 110 Å². The van der Waals surface area contributed by atoms with Gasteiger partial charge in [-0.25, -0.2) is 18.8 Å². The maximum atomic E-state index is 13.5. The van der Waals surface area contributed by atoms with Gasteiger partial charge in [0.2, 0.25) is 11.3 Å². The molecule has 19 heteroatoms. The quantitative estimate of drug-likeness (QED) is 0.0104. The molecule has 1 aromatic heterocycles. The monoisotopic (exact) mass is 995 g/mol. The van der Waals surface area contributed by atoms with E-state index in [0.29, 0.717) is 77.9 Å². The first-order valence-corrected chi connectivity index (χ1v) is 25.2. The van der Waals surface area contributed by atoms with Crippen LogP contribution in [0.25, 0.3) is 39.5 Å². The Morgan fingerprint density at radius 1 is 0.972 bits per heavy atom. The van der Waals surface area contributed by atoms with Crippen molar-refractivity contribution in [3.8, 4) is 22.5 Å². The second-order valence-electron chi connectivity index (χ2n) is 18.4. The van der Waals surface area contributed by atoms with Gasteiger partial charge < -0.3 is 38.8 Å². The highest BCUT2D eigenvalue weighted by Gasteiger charge is 2.40. The van der Waals surface area contributed by atoms with Crippen molar-refractivity contribution in [2.75, 3.05) is 52.7 Å². The third-order valence-electron chi connectivity index (χ3n) is 12.1. The number of hydrogen-bond acceptors (Lipinski definition) is 12. The molecule has 18 nitrogen and oxygen atoms in total. The fourth-order valence-corrected chi connectivity index (χ4v) is 10.1. The number of aliphatic imine (C=N–C) groups is 1. The first-order valence-electron chi connectivity index (χ1n) is 24.1. The number of aromatic amines is 1. The van der Waals surface area contributed by atoms with Crippen molar-refractivity contribution in [3.63, 3.8) is 0 Å². The Balaban J connectivity index is 1.01. The molecule has 4 unspecified atom stereocenters. The van der Waals surface area contributed by atoms with Gasteiger partial charge in [0.05, 0.1) is 29.4 Å². The van der Waals surface area contributed by atoms with Gasteiger partial charge in [-0.05, 0) is 102 Å². The molecule has 1 aliphatic carbocycles. The van der Waals surface area contributed by atoms with Gasteiger partial charge in [-0.2, -0.15) is 0 Å². The number of ether oxygens (including phenoxy) is 1. The number of nitrogens with zero attached hydrogens (tertiary/aromatic N) is 5. The van der Waals surface area contributed by atoms with Crippen molar-refractivity contribution in [2.24, 2.45) is 4.99 Å². The number of carbonyl (C=O) groups excluding carboxylic acids is 2. The van der Waals surface area contributed by atoms with Crippen LogP contribution < -0.4 is 36.7 Å². The second-order valence-corrected chi connectivity index (χ2v) is 19.8. The normalized spacial score (nSPS) is 16.5. The number of fused-ring (bicyclic) bond motifs is 2. The van der Waals surface area contributed by atoms with Crippen LogP contribution in [-0.4, -0.2) is 116 Å². The number of unbranched alkanes of at least 4 members (excludes halogenated alkanes) is 3. The molecule has 71 heavy (non-hydrogen) atoms. The van der Waals surface area contributed by atoms with E-state index < -0.39 is 50.1 Å². The van der Waals surface area contributed by atoms with Crippen molar-refractivity contribution in [2.45, 2.75) is 104 Å². The number of hydrogen-bond donors (Lipinski definition) is 4. The predicted octanol–water partition coefficient (Wildman–Crippen LogP) is 7.07. The summed E-state index contributed by atoms with van der Waals surface area (Å²) >= 11 is 0. The molecule has 4 atom stereocenters. The van der Waals surface area contributed by atoms with E-state index in [1.165, 1.54) is 41.4 Å². The van der Waals surface area contributed by atoms with Crippen LogP contribution in [-0.2, 0) is 18.6 Å². The Morgan fingerprint density at radius 3 is 2.35 bits per heavy atom. The Labute approximate surface area is 415 Å². The number of aromatic carboxylic acids is 1. The minimum atomic E-state index is -1.55. The molecule has 2 amide bonds. The van der Waals surface area contributed by atoms with Crippen LogP contribution in [0.2, 0.25) is 0 Å². The molecule has 2 aliphatic heterocycles. The maximum Gasteiger partial charge on any atom is 0.336 e. The number of carboxylic acids is 1. The number of benzene rings is 3. The fourth-order valence-electron chi connectivity index (χ4n) is 8.43. The summed E-state index contributed by atoms with van der Waals surface area (Å²) < 4.78 is 30.5. The molecular weight excluding hydrogens is 928 g/mol. The molecule has 380 valence electrons. The molecule has 3 aromatic rings. The summed E-state index contributed by atoms with van der Waals surface area (Å²) in [5.41, 5.74) is 2.49. The topological polar surface area (TPSA) is 213 Å². The van der Waals surface area contributed by atoms with Crippen LogP contribution in [0.3, 0.4) is 0 Å². The third-order valence-corrected chi connectivity index (χ3v) is 14.1. The average Bonchev–Trinajstić information content (AvgIpc) is 3.68. The zero-order valence-corrected chi connectivity index (χ0v) is 43.2. The van der Waals surface area contributed by atoms with Crippen LogP contribution in [0, 0.1) is 0 Å². The number of nitrogens with one attached hydrogen (secondary N) is 3. The highest BCUT2D eigenvalue weighted by atomic mass is 31.2. The largest absolute Gasteiger partial charge is 0.478 e. The van der Waals surface area contributed by atoms with Gasteiger partial charge in [0.1, 0.15) is 31.7 Å². The summed E-state index contributed by atoms with van der Waals surface area (Å²) in [7, 11) is 6.19. The lowest BCUT2D eigenvalue weighted by Gasteiger charge is -2.36. The number of aromatic nitrogens is 2. The zero-order chi connectivity index (χ0) is 51.5. The van der Waals surface area contributed by atoms with Gasteiger partial charge in [0, 0.05) is 104 Å². The molecule has 3 heterocycles. The predicted molar refractivity (Wildman–Crippen MR) is 279 cm³/mol. The van der Waals surface area contributed by atoms with E-state index >= 15 is 0 Å². The molecule has 3 aliphatic rings. The Bertz CT molecular complexity index is 2910. The lowest BCUT2D eigenvalue weighted by Crippen LogP contribution is -2.35. The van der Waals surface area contributed by atoms with E-state index in [4.69, 9.17) is 18.2 Å². The van der Waals surface area contributed by atoms with E-state index in [9.17, 15) is 29.1 Å². The Hall–Kier alpha value is -6.46. The maximum absolute atomic E-state index is 13.5. The number of H-pyrrole nitrogens is 1. The summed E-state index contributed by atoms with van der Waals surface area (Å²) in [4.78, 5) is 73.2. The minimum absolute atomic E-state index is 0.0606.